The summed E-state index contributed by atoms with van der Waals surface area (Å²) in [7, 11) is 0. The number of nitrogens with zero attached hydrogens (tertiary/aromatic N) is 1. The molecule has 3 aromatic carbocycles. The van der Waals surface area contributed by atoms with Gasteiger partial charge in [-0.1, -0.05) is 82.1 Å². The Labute approximate surface area is 182 Å². The summed E-state index contributed by atoms with van der Waals surface area (Å²) >= 11 is 9.66. The second-order valence-electron chi connectivity index (χ2n) is 6.59. The van der Waals surface area contributed by atoms with E-state index in [0.29, 0.717) is 5.02 Å². The number of hydrogen-bond acceptors (Lipinski definition) is 2. The van der Waals surface area contributed by atoms with E-state index in [1.807, 2.05) is 54.6 Å². The molecule has 0 aromatic heterocycles. The van der Waals surface area contributed by atoms with Crippen molar-refractivity contribution >= 4 is 39.4 Å². The third-order valence-corrected chi connectivity index (χ3v) is 5.36. The molecule has 0 aliphatic heterocycles. The molecular weight excluding hydrogens is 454 g/mol. The van der Waals surface area contributed by atoms with Gasteiger partial charge in [-0.25, -0.2) is 4.79 Å². The number of carbonyl (C=O) groups is 2. The van der Waals surface area contributed by atoms with Crippen LogP contribution in [-0.2, 0) is 17.8 Å². The minimum absolute atomic E-state index is 0.146. The van der Waals surface area contributed by atoms with Crippen molar-refractivity contribution in [3.63, 3.8) is 0 Å². The second-order valence-corrected chi connectivity index (χ2v) is 7.91. The molecule has 0 unspecified atom stereocenters. The van der Waals surface area contributed by atoms with Crippen LogP contribution < -0.4 is 0 Å². The number of amides is 1. The molecule has 148 valence electrons. The van der Waals surface area contributed by atoms with Gasteiger partial charge >= 0.3 is 5.97 Å². The summed E-state index contributed by atoms with van der Waals surface area (Å²) in [5, 5.41) is 10.3. The van der Waals surface area contributed by atoms with Gasteiger partial charge in [0.15, 0.2) is 0 Å². The first-order valence-electron chi connectivity index (χ1n) is 9.02. The zero-order valence-corrected chi connectivity index (χ0v) is 17.8. The zero-order chi connectivity index (χ0) is 20.8. The van der Waals surface area contributed by atoms with Gasteiger partial charge in [0.05, 0.1) is 10.6 Å². The van der Waals surface area contributed by atoms with Crippen LogP contribution in [-0.4, -0.2) is 27.9 Å². The van der Waals surface area contributed by atoms with Crippen LogP contribution in [0.15, 0.2) is 83.3 Å². The maximum atomic E-state index is 13.4. The molecule has 6 heteroatoms. The summed E-state index contributed by atoms with van der Waals surface area (Å²) < 4.78 is 0.857. The summed E-state index contributed by atoms with van der Waals surface area (Å²) in [6.07, 6.45) is 0.195. The van der Waals surface area contributed by atoms with E-state index >= 15 is 0 Å². The van der Waals surface area contributed by atoms with Gasteiger partial charge in [-0.3, -0.25) is 4.79 Å². The van der Waals surface area contributed by atoms with Crippen molar-refractivity contribution in [2.24, 2.45) is 0 Å². The molecule has 0 heterocycles. The van der Waals surface area contributed by atoms with Crippen molar-refractivity contribution < 1.29 is 14.7 Å². The predicted molar refractivity (Wildman–Crippen MR) is 117 cm³/mol. The van der Waals surface area contributed by atoms with E-state index in [9.17, 15) is 14.7 Å². The van der Waals surface area contributed by atoms with Gasteiger partial charge in [0.25, 0.3) is 5.91 Å². The fourth-order valence-corrected chi connectivity index (χ4v) is 3.78. The smallest absolute Gasteiger partial charge is 0.326 e. The van der Waals surface area contributed by atoms with Crippen LogP contribution in [0.3, 0.4) is 0 Å². The van der Waals surface area contributed by atoms with Crippen molar-refractivity contribution in [3.05, 3.63) is 105 Å². The number of aliphatic carboxylic acids is 1. The van der Waals surface area contributed by atoms with Gasteiger partial charge in [0, 0.05) is 17.4 Å². The van der Waals surface area contributed by atoms with E-state index in [-0.39, 0.29) is 18.5 Å². The van der Waals surface area contributed by atoms with Crippen molar-refractivity contribution in [2.75, 3.05) is 0 Å². The Bertz CT molecular complexity index is 1010. The first-order chi connectivity index (χ1) is 14.0. The number of carboxylic acid groups (broad SMARTS) is 1. The van der Waals surface area contributed by atoms with E-state index in [4.69, 9.17) is 11.6 Å². The van der Waals surface area contributed by atoms with E-state index in [1.54, 1.807) is 24.3 Å². The fourth-order valence-electron chi connectivity index (χ4n) is 3.11. The molecule has 0 saturated carbocycles. The standard InChI is InChI=1S/C23H19BrClNO3/c24-18-10-6-9-17(13-18)15-26(22(27)19-11-4-5-12-20(19)25)21(23(28)29)14-16-7-2-1-3-8-16/h1-13,21H,14-15H2,(H,28,29)/t21-/m0/s1. The number of carboxylic acids is 1. The average molecular weight is 473 g/mol. The minimum Gasteiger partial charge on any atom is -0.480 e. The van der Waals surface area contributed by atoms with Gasteiger partial charge in [0.2, 0.25) is 0 Å². The van der Waals surface area contributed by atoms with Crippen molar-refractivity contribution in [1.29, 1.82) is 0 Å². The van der Waals surface area contributed by atoms with Gasteiger partial charge in [-0.2, -0.15) is 0 Å². The van der Waals surface area contributed by atoms with Gasteiger partial charge in [-0.15, -0.1) is 0 Å². The highest BCUT2D eigenvalue weighted by Crippen LogP contribution is 2.23. The van der Waals surface area contributed by atoms with Crippen LogP contribution in [0.4, 0.5) is 0 Å². The molecule has 0 aliphatic rings. The largest absolute Gasteiger partial charge is 0.480 e. The molecule has 0 saturated heterocycles. The highest BCUT2D eigenvalue weighted by Gasteiger charge is 2.31. The number of hydrogen-bond donors (Lipinski definition) is 1. The Kier molecular flexibility index (Phi) is 7.07. The molecule has 0 spiro atoms. The topological polar surface area (TPSA) is 57.6 Å². The van der Waals surface area contributed by atoms with Crippen molar-refractivity contribution in [3.8, 4) is 0 Å². The molecule has 0 bridgehead atoms. The summed E-state index contributed by atoms with van der Waals surface area (Å²) in [6, 6.07) is 22.4. The highest BCUT2D eigenvalue weighted by molar-refractivity contribution is 9.10. The van der Waals surface area contributed by atoms with E-state index in [1.165, 1.54) is 4.90 Å². The van der Waals surface area contributed by atoms with Crippen LogP contribution in [0.25, 0.3) is 0 Å². The van der Waals surface area contributed by atoms with Gasteiger partial charge in [-0.05, 0) is 35.4 Å². The van der Waals surface area contributed by atoms with Crippen LogP contribution in [0.2, 0.25) is 5.02 Å². The lowest BCUT2D eigenvalue weighted by Crippen LogP contribution is -2.46. The predicted octanol–water partition coefficient (Wildman–Crippen LogP) is 5.44. The lowest BCUT2D eigenvalue weighted by atomic mass is 10.0. The normalized spacial score (nSPS) is 11.7. The van der Waals surface area contributed by atoms with E-state index < -0.39 is 17.9 Å². The molecule has 1 atom stereocenters. The van der Waals surface area contributed by atoms with Crippen molar-refractivity contribution in [2.45, 2.75) is 19.0 Å². The number of rotatable bonds is 7. The molecular formula is C23H19BrClNO3. The molecule has 0 fully saturated rings. The first-order valence-corrected chi connectivity index (χ1v) is 10.2. The Morgan fingerprint density at radius 1 is 0.931 bits per heavy atom. The quantitative estimate of drug-likeness (QED) is 0.498. The van der Waals surface area contributed by atoms with E-state index in [0.717, 1.165) is 15.6 Å². The molecule has 29 heavy (non-hydrogen) atoms. The SMILES string of the molecule is O=C(O)[C@H](Cc1ccccc1)N(Cc1cccc(Br)c1)C(=O)c1ccccc1Cl. The molecule has 0 aliphatic carbocycles. The Morgan fingerprint density at radius 3 is 2.24 bits per heavy atom. The Morgan fingerprint density at radius 2 is 1.59 bits per heavy atom. The second kappa shape index (κ2) is 9.72. The van der Waals surface area contributed by atoms with E-state index in [2.05, 4.69) is 15.9 Å². The summed E-state index contributed by atoms with van der Waals surface area (Å²) in [5.74, 6) is -1.48. The lowest BCUT2D eigenvalue weighted by Gasteiger charge is -2.30. The lowest BCUT2D eigenvalue weighted by molar-refractivity contribution is -0.142. The Hall–Kier alpha value is -2.63. The van der Waals surface area contributed by atoms with Crippen LogP contribution in [0, 0.1) is 0 Å². The molecule has 3 rings (SSSR count). The van der Waals surface area contributed by atoms with Gasteiger partial charge in [0.1, 0.15) is 6.04 Å². The monoisotopic (exact) mass is 471 g/mol. The number of halogens is 2. The third-order valence-electron chi connectivity index (χ3n) is 4.54. The first kappa shape index (κ1) is 21.1. The molecule has 1 amide bonds. The zero-order valence-electron chi connectivity index (χ0n) is 15.5. The fraction of sp³-hybridized carbons (Fsp3) is 0.130. The maximum Gasteiger partial charge on any atom is 0.326 e. The summed E-state index contributed by atoms with van der Waals surface area (Å²) in [4.78, 5) is 26.9. The summed E-state index contributed by atoms with van der Waals surface area (Å²) in [6.45, 7) is 0.146. The molecule has 4 nitrogen and oxygen atoms in total. The van der Waals surface area contributed by atoms with Crippen LogP contribution >= 0.6 is 27.5 Å². The molecule has 3 aromatic rings. The summed E-state index contributed by atoms with van der Waals surface area (Å²) in [5.41, 5.74) is 1.94. The molecule has 1 N–H and O–H groups in total. The minimum atomic E-state index is -1.07. The van der Waals surface area contributed by atoms with Gasteiger partial charge < -0.3 is 10.0 Å². The third kappa shape index (κ3) is 5.46. The average Bonchev–Trinajstić information content (AvgIpc) is 2.71. The maximum absolute atomic E-state index is 13.4. The highest BCUT2D eigenvalue weighted by atomic mass is 79.9. The van der Waals surface area contributed by atoms with Crippen LogP contribution in [0.5, 0.6) is 0 Å². The number of carbonyl (C=O) groups excluding carboxylic acids is 1. The number of benzene rings is 3. The van der Waals surface area contributed by atoms with Crippen molar-refractivity contribution in [1.82, 2.24) is 4.90 Å². The Balaban J connectivity index is 2.00. The molecule has 0 radical (unpaired) electrons. The van der Waals surface area contributed by atoms with Crippen LogP contribution in [0.1, 0.15) is 21.5 Å².